The van der Waals surface area contributed by atoms with E-state index < -0.39 is 0 Å². The molecule has 15 heavy (non-hydrogen) atoms. The summed E-state index contributed by atoms with van der Waals surface area (Å²) < 4.78 is 5.69. The summed E-state index contributed by atoms with van der Waals surface area (Å²) in [4.78, 5) is 23.0. The van der Waals surface area contributed by atoms with Crippen LogP contribution in [0.2, 0.25) is 0 Å². The first-order chi connectivity index (χ1) is 7.25. The van der Waals surface area contributed by atoms with Crippen LogP contribution in [0.1, 0.15) is 12.8 Å². The van der Waals surface area contributed by atoms with E-state index in [4.69, 9.17) is 4.74 Å². The second-order valence-corrected chi connectivity index (χ2v) is 4.42. The first-order valence-electron chi connectivity index (χ1n) is 5.30. The number of rotatable bonds is 0. The number of hydrogen-bond donors (Lipinski definition) is 0. The van der Waals surface area contributed by atoms with Gasteiger partial charge in [-0.05, 0) is 0 Å². The van der Waals surface area contributed by atoms with E-state index >= 15 is 0 Å². The van der Waals surface area contributed by atoms with E-state index in [-0.39, 0.29) is 42.0 Å². The van der Waals surface area contributed by atoms with E-state index in [1.165, 1.54) is 0 Å². The third-order valence-electron chi connectivity index (χ3n) is 3.46. The second-order valence-electron chi connectivity index (χ2n) is 4.42. The minimum atomic E-state index is -0.343. The first kappa shape index (κ1) is 9.04. The monoisotopic (exact) mass is 204 g/mol. The highest BCUT2D eigenvalue weighted by atomic mass is 16.5. The van der Waals surface area contributed by atoms with Gasteiger partial charge in [0.25, 0.3) is 0 Å². The molecule has 3 rings (SSSR count). The number of hydrogen-bond acceptors (Lipinski definition) is 3. The summed E-state index contributed by atoms with van der Waals surface area (Å²) in [6.45, 7) is 0. The molecule has 1 heterocycles. The fraction of sp³-hybridized carbons (Fsp3) is 0.500. The van der Waals surface area contributed by atoms with Crippen LogP contribution in [-0.2, 0) is 14.3 Å². The minimum Gasteiger partial charge on any atom is -0.362 e. The van der Waals surface area contributed by atoms with Gasteiger partial charge < -0.3 is 4.74 Å². The summed E-state index contributed by atoms with van der Waals surface area (Å²) in [6.07, 6.45) is 8.15. The Morgan fingerprint density at radius 3 is 2.87 bits per heavy atom. The average molecular weight is 204 g/mol. The highest BCUT2D eigenvalue weighted by molar-refractivity contribution is 6.04. The number of Topliss-reactive ketones (excluding diaryl/α,β-unsaturated/α-hetero) is 2. The van der Waals surface area contributed by atoms with Gasteiger partial charge in [-0.1, -0.05) is 24.3 Å². The van der Waals surface area contributed by atoms with Crippen molar-refractivity contribution in [3.8, 4) is 0 Å². The molecule has 0 bridgehead atoms. The topological polar surface area (TPSA) is 43.4 Å². The molecule has 3 heteroatoms. The molecule has 0 spiro atoms. The van der Waals surface area contributed by atoms with Crippen LogP contribution in [0.15, 0.2) is 24.3 Å². The molecule has 0 aromatic rings. The zero-order valence-electron chi connectivity index (χ0n) is 8.26. The first-order valence-corrected chi connectivity index (χ1v) is 5.30. The van der Waals surface area contributed by atoms with Crippen LogP contribution >= 0.6 is 0 Å². The number of fused-ring (bicyclic) bond motifs is 3. The molecule has 0 amide bonds. The molecule has 0 aromatic heterocycles. The summed E-state index contributed by atoms with van der Waals surface area (Å²) in [5, 5.41) is 0. The van der Waals surface area contributed by atoms with Gasteiger partial charge in [0.15, 0.2) is 5.78 Å². The van der Waals surface area contributed by atoms with Crippen molar-refractivity contribution >= 4 is 11.6 Å². The molecule has 78 valence electrons. The lowest BCUT2D eigenvalue weighted by atomic mass is 9.76. The Balaban J connectivity index is 1.93. The molecule has 3 aliphatic rings. The van der Waals surface area contributed by atoms with Crippen LogP contribution in [0.4, 0.5) is 0 Å². The molecule has 0 aromatic carbocycles. The van der Waals surface area contributed by atoms with Gasteiger partial charge in [-0.3, -0.25) is 9.59 Å². The van der Waals surface area contributed by atoms with Crippen LogP contribution < -0.4 is 0 Å². The fourth-order valence-corrected chi connectivity index (χ4v) is 2.79. The number of ketones is 2. The molecular weight excluding hydrogens is 192 g/mol. The molecule has 4 atom stereocenters. The number of ether oxygens (including phenoxy) is 1. The van der Waals surface area contributed by atoms with Gasteiger partial charge >= 0.3 is 0 Å². The van der Waals surface area contributed by atoms with Gasteiger partial charge in [-0.25, -0.2) is 0 Å². The molecule has 1 saturated heterocycles. The maximum absolute atomic E-state index is 11.6. The third kappa shape index (κ3) is 1.30. The summed E-state index contributed by atoms with van der Waals surface area (Å²) in [5.74, 6) is 0.319. The lowest BCUT2D eigenvalue weighted by Gasteiger charge is -2.24. The van der Waals surface area contributed by atoms with Crippen molar-refractivity contribution in [3.05, 3.63) is 24.3 Å². The van der Waals surface area contributed by atoms with Gasteiger partial charge in [-0.15, -0.1) is 0 Å². The molecule has 1 aliphatic heterocycles. The van der Waals surface area contributed by atoms with Gasteiger partial charge in [0.05, 0.1) is 12.5 Å². The maximum atomic E-state index is 11.6. The molecular formula is C12H12O3. The smallest absolute Gasteiger partial charge is 0.169 e. The zero-order chi connectivity index (χ0) is 10.4. The highest BCUT2D eigenvalue weighted by Gasteiger charge is 2.49. The molecule has 2 aliphatic carbocycles. The minimum absolute atomic E-state index is 0.000139. The Morgan fingerprint density at radius 2 is 2.00 bits per heavy atom. The van der Waals surface area contributed by atoms with Gasteiger partial charge in [0.1, 0.15) is 11.9 Å². The maximum Gasteiger partial charge on any atom is 0.169 e. The number of carbonyl (C=O) groups is 2. The van der Waals surface area contributed by atoms with E-state index in [0.29, 0.717) is 6.42 Å². The van der Waals surface area contributed by atoms with E-state index in [0.717, 1.165) is 0 Å². The van der Waals surface area contributed by atoms with Crippen molar-refractivity contribution in [2.24, 2.45) is 11.8 Å². The van der Waals surface area contributed by atoms with Crippen LogP contribution in [0, 0.1) is 11.8 Å². The largest absolute Gasteiger partial charge is 0.362 e. The van der Waals surface area contributed by atoms with E-state index in [9.17, 15) is 9.59 Å². The molecule has 2 fully saturated rings. The molecule has 4 unspecified atom stereocenters. The quantitative estimate of drug-likeness (QED) is 0.554. The SMILES string of the molecule is O=C1CC(=O)C2OC3C=CC=CC3C2C1. The lowest BCUT2D eigenvalue weighted by molar-refractivity contribution is -0.139. The summed E-state index contributed by atoms with van der Waals surface area (Å²) in [5.41, 5.74) is 0. The Kier molecular flexibility index (Phi) is 1.89. The van der Waals surface area contributed by atoms with Crippen molar-refractivity contribution in [2.45, 2.75) is 25.0 Å². The Labute approximate surface area is 87.8 Å². The summed E-state index contributed by atoms with van der Waals surface area (Å²) in [7, 11) is 0. The van der Waals surface area contributed by atoms with Crippen LogP contribution in [0.25, 0.3) is 0 Å². The lowest BCUT2D eigenvalue weighted by Crippen LogP contribution is -2.37. The van der Waals surface area contributed by atoms with Gasteiger partial charge in [-0.2, -0.15) is 0 Å². The zero-order valence-corrected chi connectivity index (χ0v) is 8.26. The Morgan fingerprint density at radius 1 is 1.20 bits per heavy atom. The van der Waals surface area contributed by atoms with Gasteiger partial charge in [0.2, 0.25) is 0 Å². The van der Waals surface area contributed by atoms with Crippen molar-refractivity contribution in [3.63, 3.8) is 0 Å². The number of carbonyl (C=O) groups excluding carboxylic acids is 2. The standard InChI is InChI=1S/C12H12O3/c13-7-5-9-8-3-1-2-4-11(8)15-12(9)10(14)6-7/h1-4,8-9,11-12H,5-6H2. The predicted molar refractivity (Wildman–Crippen MR) is 53.2 cm³/mol. The predicted octanol–water partition coefficient (Wildman–Crippen LogP) is 1.04. The van der Waals surface area contributed by atoms with Crippen molar-refractivity contribution in [1.29, 1.82) is 0 Å². The van der Waals surface area contributed by atoms with Crippen LogP contribution in [0.5, 0.6) is 0 Å². The Hall–Kier alpha value is -1.22. The fourth-order valence-electron chi connectivity index (χ4n) is 2.79. The van der Waals surface area contributed by atoms with Crippen LogP contribution in [-0.4, -0.2) is 23.8 Å². The van der Waals surface area contributed by atoms with Crippen molar-refractivity contribution in [1.82, 2.24) is 0 Å². The van der Waals surface area contributed by atoms with Crippen molar-refractivity contribution in [2.75, 3.05) is 0 Å². The average Bonchev–Trinajstić information content (AvgIpc) is 2.57. The summed E-state index contributed by atoms with van der Waals surface area (Å²) in [6, 6.07) is 0. The van der Waals surface area contributed by atoms with E-state index in [1.807, 2.05) is 18.2 Å². The van der Waals surface area contributed by atoms with Crippen molar-refractivity contribution < 1.29 is 14.3 Å². The summed E-state index contributed by atoms with van der Waals surface area (Å²) >= 11 is 0. The molecule has 0 radical (unpaired) electrons. The normalized spacial score (nSPS) is 42.9. The van der Waals surface area contributed by atoms with E-state index in [2.05, 4.69) is 6.08 Å². The van der Waals surface area contributed by atoms with E-state index in [1.54, 1.807) is 0 Å². The Bertz CT molecular complexity index is 380. The molecule has 3 nitrogen and oxygen atoms in total. The second kappa shape index (κ2) is 3.14. The van der Waals surface area contributed by atoms with Crippen LogP contribution in [0.3, 0.4) is 0 Å². The molecule has 1 saturated carbocycles. The number of allylic oxidation sites excluding steroid dienone is 2. The van der Waals surface area contributed by atoms with Gasteiger partial charge in [0, 0.05) is 18.3 Å². The highest BCUT2D eigenvalue weighted by Crippen LogP contribution is 2.41. The molecule has 0 N–H and O–H groups in total. The third-order valence-corrected chi connectivity index (χ3v) is 3.46.